The van der Waals surface area contributed by atoms with Crippen LogP contribution in [-0.4, -0.2) is 97.4 Å². The Labute approximate surface area is 201 Å². The topological polar surface area (TPSA) is 218 Å². The van der Waals surface area contributed by atoms with E-state index in [9.17, 15) is 24.3 Å². The molecule has 0 aliphatic carbocycles. The summed E-state index contributed by atoms with van der Waals surface area (Å²) in [6.07, 6.45) is 1.90. The van der Waals surface area contributed by atoms with Gasteiger partial charge in [-0.25, -0.2) is 0 Å². The van der Waals surface area contributed by atoms with Crippen LogP contribution >= 0.6 is 0 Å². The molecule has 0 rings (SSSR count). The van der Waals surface area contributed by atoms with Gasteiger partial charge in [0.15, 0.2) is 5.96 Å². The largest absolute Gasteiger partial charge is 0.391 e. The number of aliphatic imine (C=N–C) groups is 1. The lowest BCUT2D eigenvalue weighted by Gasteiger charge is -2.26. The second kappa shape index (κ2) is 16.8. The van der Waals surface area contributed by atoms with Crippen LogP contribution < -0.4 is 33.2 Å². The van der Waals surface area contributed by atoms with Crippen molar-refractivity contribution in [3.63, 3.8) is 0 Å². The van der Waals surface area contributed by atoms with Crippen molar-refractivity contribution in [2.75, 3.05) is 27.2 Å². The van der Waals surface area contributed by atoms with Gasteiger partial charge in [-0.2, -0.15) is 0 Å². The molecule has 0 unspecified atom stereocenters. The zero-order valence-electron chi connectivity index (χ0n) is 20.6. The van der Waals surface area contributed by atoms with Crippen LogP contribution in [0.4, 0.5) is 0 Å². The van der Waals surface area contributed by atoms with E-state index in [0.717, 1.165) is 19.4 Å². The molecule has 196 valence electrons. The van der Waals surface area contributed by atoms with Gasteiger partial charge in [0.1, 0.15) is 18.4 Å². The average molecular weight is 487 g/mol. The molecule has 3 amide bonds. The van der Waals surface area contributed by atoms with Crippen LogP contribution in [0.5, 0.6) is 0 Å². The van der Waals surface area contributed by atoms with Gasteiger partial charge in [0.25, 0.3) is 0 Å². The lowest BCUT2D eigenvalue weighted by Crippen LogP contribution is -2.59. The van der Waals surface area contributed by atoms with Crippen molar-refractivity contribution in [1.29, 1.82) is 0 Å². The van der Waals surface area contributed by atoms with Gasteiger partial charge in [0.05, 0.1) is 18.2 Å². The second-order valence-electron chi connectivity index (χ2n) is 8.58. The van der Waals surface area contributed by atoms with Gasteiger partial charge in [0, 0.05) is 6.54 Å². The smallest absolute Gasteiger partial charge is 0.245 e. The number of nitrogens with one attached hydrogen (secondary N) is 3. The standard InChI is InChI=1S/C21H42N8O5/c1-13(22)18(32)27-16(9-7-10-25-21(23)24)19(33)28-17(14(2)31)20(34)26-15(12-30)8-5-6-11-29(3)4/h12-17,31H,5-11,22H2,1-4H3,(H,26,34)(H,27,32)(H,28,33)(H4,23,24,25)/t13-,14+,15-,16-,17-/m0/s1. The Bertz CT molecular complexity index is 680. The highest BCUT2D eigenvalue weighted by molar-refractivity contribution is 5.93. The van der Waals surface area contributed by atoms with Crippen molar-refractivity contribution in [1.82, 2.24) is 20.9 Å². The van der Waals surface area contributed by atoms with Crippen molar-refractivity contribution in [2.24, 2.45) is 22.2 Å². The highest BCUT2D eigenvalue weighted by Crippen LogP contribution is 2.05. The van der Waals surface area contributed by atoms with Gasteiger partial charge in [-0.15, -0.1) is 0 Å². The van der Waals surface area contributed by atoms with Crippen LogP contribution in [0.15, 0.2) is 4.99 Å². The number of unbranched alkanes of at least 4 members (excludes halogenated alkanes) is 1. The summed E-state index contributed by atoms with van der Waals surface area (Å²) in [4.78, 5) is 54.9. The Morgan fingerprint density at radius 3 is 2.12 bits per heavy atom. The molecule has 0 heterocycles. The van der Waals surface area contributed by atoms with Crippen LogP contribution in [0.25, 0.3) is 0 Å². The predicted molar refractivity (Wildman–Crippen MR) is 130 cm³/mol. The highest BCUT2D eigenvalue weighted by atomic mass is 16.3. The van der Waals surface area contributed by atoms with Gasteiger partial charge in [-0.3, -0.25) is 19.4 Å². The highest BCUT2D eigenvalue weighted by Gasteiger charge is 2.31. The van der Waals surface area contributed by atoms with Crippen molar-refractivity contribution >= 4 is 30.0 Å². The third kappa shape index (κ3) is 13.7. The number of carbonyl (C=O) groups excluding carboxylic acids is 4. The van der Waals surface area contributed by atoms with Crippen molar-refractivity contribution in [2.45, 2.75) is 76.2 Å². The number of hydrogen-bond acceptors (Lipinski definition) is 8. The number of rotatable bonds is 17. The molecule has 0 saturated heterocycles. The first-order chi connectivity index (χ1) is 15.9. The molecule has 0 radical (unpaired) electrons. The molecule has 0 saturated carbocycles. The molecule has 0 aromatic carbocycles. The molecule has 10 N–H and O–H groups in total. The van der Waals surface area contributed by atoms with E-state index in [1.807, 2.05) is 19.0 Å². The maximum Gasteiger partial charge on any atom is 0.245 e. The Kier molecular flexibility index (Phi) is 15.4. The summed E-state index contributed by atoms with van der Waals surface area (Å²) >= 11 is 0. The van der Waals surface area contributed by atoms with E-state index < -0.39 is 48.0 Å². The second-order valence-corrected chi connectivity index (χ2v) is 8.58. The Balaban J connectivity index is 5.17. The number of aldehydes is 1. The lowest BCUT2D eigenvalue weighted by molar-refractivity contribution is -0.135. The Hall–Kier alpha value is -2.77. The van der Waals surface area contributed by atoms with Crippen LogP contribution in [0.2, 0.25) is 0 Å². The monoisotopic (exact) mass is 486 g/mol. The molecule has 0 aliphatic rings. The molecular formula is C21H42N8O5. The van der Waals surface area contributed by atoms with Gasteiger partial charge < -0.3 is 48.0 Å². The maximum absolute atomic E-state index is 12.9. The van der Waals surface area contributed by atoms with E-state index in [4.69, 9.17) is 17.2 Å². The zero-order chi connectivity index (χ0) is 26.3. The van der Waals surface area contributed by atoms with E-state index in [0.29, 0.717) is 19.1 Å². The summed E-state index contributed by atoms with van der Waals surface area (Å²) < 4.78 is 0. The molecule has 0 aromatic rings. The number of aliphatic hydroxyl groups is 1. The number of nitrogens with two attached hydrogens (primary N) is 3. The predicted octanol–water partition coefficient (Wildman–Crippen LogP) is -2.85. The van der Waals surface area contributed by atoms with E-state index in [2.05, 4.69) is 20.9 Å². The van der Waals surface area contributed by atoms with Gasteiger partial charge in [-0.1, -0.05) is 0 Å². The van der Waals surface area contributed by atoms with E-state index in [1.54, 1.807) is 0 Å². The normalized spacial score (nSPS) is 15.4. The first-order valence-electron chi connectivity index (χ1n) is 11.4. The van der Waals surface area contributed by atoms with Crippen LogP contribution in [0.3, 0.4) is 0 Å². The number of amides is 3. The Morgan fingerprint density at radius 1 is 0.971 bits per heavy atom. The maximum atomic E-state index is 12.9. The first kappa shape index (κ1) is 31.2. The Morgan fingerprint density at radius 2 is 1.62 bits per heavy atom. The molecule has 0 aromatic heterocycles. The molecule has 0 fully saturated rings. The molecule has 5 atom stereocenters. The minimum Gasteiger partial charge on any atom is -0.391 e. The molecule has 13 nitrogen and oxygen atoms in total. The summed E-state index contributed by atoms with van der Waals surface area (Å²) in [5.41, 5.74) is 16.2. The van der Waals surface area contributed by atoms with Gasteiger partial charge in [-0.05, 0) is 66.6 Å². The fourth-order valence-corrected chi connectivity index (χ4v) is 2.97. The lowest BCUT2D eigenvalue weighted by atomic mass is 10.1. The van der Waals surface area contributed by atoms with E-state index in [-0.39, 0.29) is 18.9 Å². The number of carbonyl (C=O) groups is 4. The van der Waals surface area contributed by atoms with Crippen LogP contribution in [-0.2, 0) is 19.2 Å². The van der Waals surface area contributed by atoms with Crippen molar-refractivity contribution in [3.05, 3.63) is 0 Å². The molecular weight excluding hydrogens is 444 g/mol. The quantitative estimate of drug-likeness (QED) is 0.0486. The molecule has 13 heteroatoms. The first-order valence-corrected chi connectivity index (χ1v) is 11.4. The average Bonchev–Trinajstić information content (AvgIpc) is 2.74. The molecule has 0 bridgehead atoms. The summed E-state index contributed by atoms with van der Waals surface area (Å²) in [6.45, 7) is 3.89. The number of nitrogens with zero attached hydrogens (tertiary/aromatic N) is 2. The minimum absolute atomic E-state index is 0.0992. The van der Waals surface area contributed by atoms with Crippen molar-refractivity contribution < 1.29 is 24.3 Å². The third-order valence-corrected chi connectivity index (χ3v) is 4.92. The molecule has 34 heavy (non-hydrogen) atoms. The summed E-state index contributed by atoms with van der Waals surface area (Å²) in [5.74, 6) is -2.05. The third-order valence-electron chi connectivity index (χ3n) is 4.92. The zero-order valence-corrected chi connectivity index (χ0v) is 20.6. The van der Waals surface area contributed by atoms with Gasteiger partial charge >= 0.3 is 0 Å². The van der Waals surface area contributed by atoms with Crippen LogP contribution in [0, 0.1) is 0 Å². The van der Waals surface area contributed by atoms with Gasteiger partial charge in [0.2, 0.25) is 17.7 Å². The number of guanidine groups is 1. The summed E-state index contributed by atoms with van der Waals surface area (Å²) in [6, 6.07) is -3.97. The fourth-order valence-electron chi connectivity index (χ4n) is 2.97. The molecule has 0 spiro atoms. The summed E-state index contributed by atoms with van der Waals surface area (Å²) in [5, 5.41) is 17.6. The molecule has 0 aliphatic heterocycles. The number of aliphatic hydroxyl groups excluding tert-OH is 1. The number of hydrogen-bond donors (Lipinski definition) is 7. The minimum atomic E-state index is -1.33. The van der Waals surface area contributed by atoms with E-state index >= 15 is 0 Å². The van der Waals surface area contributed by atoms with E-state index in [1.165, 1.54) is 13.8 Å². The summed E-state index contributed by atoms with van der Waals surface area (Å²) in [7, 11) is 3.89. The SMILES string of the molecule is C[C@H](N)C(=O)N[C@@H](CCCN=C(N)N)C(=O)N[C@H](C(=O)N[C@H](C=O)CCCCN(C)C)[C@@H](C)O. The van der Waals surface area contributed by atoms with Crippen LogP contribution in [0.1, 0.15) is 46.0 Å². The fraction of sp³-hybridized carbons (Fsp3) is 0.762. The van der Waals surface area contributed by atoms with Crippen molar-refractivity contribution in [3.8, 4) is 0 Å².